The highest BCUT2D eigenvalue weighted by molar-refractivity contribution is 7.99. The minimum atomic E-state index is 0.0741. The van der Waals surface area contributed by atoms with Crippen molar-refractivity contribution >= 4 is 23.4 Å². The maximum atomic E-state index is 12.8. The number of tetrazole rings is 1. The zero-order chi connectivity index (χ0) is 17.2. The summed E-state index contributed by atoms with van der Waals surface area (Å²) in [5, 5.41) is 12.4. The molecule has 1 aliphatic rings. The quantitative estimate of drug-likeness (QED) is 0.676. The highest BCUT2D eigenvalue weighted by Crippen LogP contribution is 2.32. The van der Waals surface area contributed by atoms with Gasteiger partial charge in [-0.3, -0.25) is 4.79 Å². The number of hydrogen-bond donors (Lipinski definition) is 0. The molecule has 2 aromatic carbocycles. The van der Waals surface area contributed by atoms with E-state index in [1.54, 1.807) is 4.68 Å². The Balaban J connectivity index is 1.50. The number of nitrogens with zero attached hydrogens (tertiary/aromatic N) is 5. The minimum Gasteiger partial charge on any atom is -0.308 e. The van der Waals surface area contributed by atoms with Crippen molar-refractivity contribution in [3.05, 3.63) is 60.2 Å². The van der Waals surface area contributed by atoms with Crippen LogP contribution in [-0.4, -0.2) is 37.9 Å². The Bertz CT molecular complexity index is 895. The van der Waals surface area contributed by atoms with Gasteiger partial charge in [0.25, 0.3) is 0 Å². The first-order valence-electron chi connectivity index (χ1n) is 8.10. The standard InChI is InChI=1S/C18H17N5OS/c1-13-11-14-7-5-6-10-16(14)22(13)17(24)12-25-18-19-20-21-23(18)15-8-3-2-4-9-15/h2-10,13H,11-12H2,1H3/t13-/m0/s1. The fraction of sp³-hybridized carbons (Fsp3) is 0.222. The number of amides is 1. The molecule has 1 amide bonds. The van der Waals surface area contributed by atoms with Crippen LogP contribution in [0, 0.1) is 0 Å². The van der Waals surface area contributed by atoms with E-state index in [4.69, 9.17) is 0 Å². The third-order valence-corrected chi connectivity index (χ3v) is 5.15. The molecule has 2 heterocycles. The van der Waals surface area contributed by atoms with Gasteiger partial charge in [0.15, 0.2) is 0 Å². The van der Waals surface area contributed by atoms with Gasteiger partial charge in [0.1, 0.15) is 0 Å². The second-order valence-electron chi connectivity index (χ2n) is 5.94. The molecule has 0 radical (unpaired) electrons. The second-order valence-corrected chi connectivity index (χ2v) is 6.89. The fourth-order valence-corrected chi connectivity index (χ4v) is 3.89. The number of fused-ring (bicyclic) bond motifs is 1. The lowest BCUT2D eigenvalue weighted by Crippen LogP contribution is -2.37. The van der Waals surface area contributed by atoms with Gasteiger partial charge in [0, 0.05) is 11.7 Å². The van der Waals surface area contributed by atoms with E-state index >= 15 is 0 Å². The summed E-state index contributed by atoms with van der Waals surface area (Å²) in [6.45, 7) is 2.08. The number of thioether (sulfide) groups is 1. The van der Waals surface area contributed by atoms with Gasteiger partial charge in [-0.15, -0.1) is 5.10 Å². The Morgan fingerprint density at radius 2 is 1.92 bits per heavy atom. The lowest BCUT2D eigenvalue weighted by Gasteiger charge is -2.22. The molecule has 0 saturated heterocycles. The number of benzene rings is 2. The molecule has 0 bridgehead atoms. The van der Waals surface area contributed by atoms with E-state index in [9.17, 15) is 4.79 Å². The van der Waals surface area contributed by atoms with Crippen LogP contribution in [-0.2, 0) is 11.2 Å². The van der Waals surface area contributed by atoms with Gasteiger partial charge in [0.05, 0.1) is 11.4 Å². The molecule has 0 spiro atoms. The van der Waals surface area contributed by atoms with Crippen LogP contribution in [0.4, 0.5) is 5.69 Å². The summed E-state index contributed by atoms with van der Waals surface area (Å²) in [6.07, 6.45) is 0.897. The molecule has 25 heavy (non-hydrogen) atoms. The van der Waals surface area contributed by atoms with Crippen molar-refractivity contribution in [1.82, 2.24) is 20.2 Å². The molecular weight excluding hydrogens is 334 g/mol. The predicted molar refractivity (Wildman–Crippen MR) is 97.0 cm³/mol. The van der Waals surface area contributed by atoms with E-state index in [2.05, 4.69) is 28.5 Å². The Kier molecular flexibility index (Phi) is 4.23. The SMILES string of the molecule is C[C@H]1Cc2ccccc2N1C(=O)CSc1nnnn1-c1ccccc1. The topological polar surface area (TPSA) is 63.9 Å². The maximum absolute atomic E-state index is 12.8. The van der Waals surface area contributed by atoms with Crippen LogP contribution in [0.3, 0.4) is 0 Å². The zero-order valence-corrected chi connectivity index (χ0v) is 14.6. The van der Waals surface area contributed by atoms with Crippen molar-refractivity contribution < 1.29 is 4.79 Å². The molecule has 0 aliphatic carbocycles. The number of para-hydroxylation sites is 2. The largest absolute Gasteiger partial charge is 0.308 e. The number of carbonyl (C=O) groups is 1. The van der Waals surface area contributed by atoms with Gasteiger partial charge < -0.3 is 4.90 Å². The van der Waals surface area contributed by atoms with Crippen LogP contribution in [0.25, 0.3) is 5.69 Å². The van der Waals surface area contributed by atoms with Crippen molar-refractivity contribution in [2.75, 3.05) is 10.7 Å². The van der Waals surface area contributed by atoms with Crippen molar-refractivity contribution in [3.8, 4) is 5.69 Å². The number of rotatable bonds is 4. The first-order valence-corrected chi connectivity index (χ1v) is 9.09. The van der Waals surface area contributed by atoms with Gasteiger partial charge in [-0.1, -0.05) is 48.2 Å². The molecule has 0 saturated carbocycles. The molecule has 6 nitrogen and oxygen atoms in total. The number of hydrogen-bond acceptors (Lipinski definition) is 5. The van der Waals surface area contributed by atoms with Gasteiger partial charge in [-0.05, 0) is 47.5 Å². The third kappa shape index (κ3) is 3.02. The monoisotopic (exact) mass is 351 g/mol. The zero-order valence-electron chi connectivity index (χ0n) is 13.7. The highest BCUT2D eigenvalue weighted by atomic mass is 32.2. The highest BCUT2D eigenvalue weighted by Gasteiger charge is 2.30. The van der Waals surface area contributed by atoms with Crippen molar-refractivity contribution in [3.63, 3.8) is 0 Å². The Hall–Kier alpha value is -2.67. The molecule has 4 rings (SSSR count). The van der Waals surface area contributed by atoms with Gasteiger partial charge in [-0.25, -0.2) is 0 Å². The Morgan fingerprint density at radius 1 is 1.16 bits per heavy atom. The van der Waals surface area contributed by atoms with Gasteiger partial charge in [0.2, 0.25) is 11.1 Å². The average Bonchev–Trinajstić information content (AvgIpc) is 3.23. The molecule has 0 N–H and O–H groups in total. The Morgan fingerprint density at radius 3 is 2.76 bits per heavy atom. The second kappa shape index (κ2) is 6.68. The third-order valence-electron chi connectivity index (χ3n) is 4.24. The average molecular weight is 351 g/mol. The van der Waals surface area contributed by atoms with Crippen molar-refractivity contribution in [1.29, 1.82) is 0 Å². The minimum absolute atomic E-state index is 0.0741. The summed E-state index contributed by atoms with van der Waals surface area (Å²) in [7, 11) is 0. The molecule has 126 valence electrons. The molecule has 1 aliphatic heterocycles. The summed E-state index contributed by atoms with van der Waals surface area (Å²) >= 11 is 1.36. The van der Waals surface area contributed by atoms with Crippen molar-refractivity contribution in [2.45, 2.75) is 24.5 Å². The summed E-state index contributed by atoms with van der Waals surface area (Å²) in [5.41, 5.74) is 3.12. The van der Waals surface area contributed by atoms with Gasteiger partial charge in [-0.2, -0.15) is 4.68 Å². The number of anilines is 1. The molecule has 0 fully saturated rings. The molecule has 7 heteroatoms. The number of aromatic nitrogens is 4. The van der Waals surface area contributed by atoms with Crippen LogP contribution in [0.15, 0.2) is 59.8 Å². The summed E-state index contributed by atoms with van der Waals surface area (Å²) in [5.74, 6) is 0.372. The fourth-order valence-electron chi connectivity index (χ4n) is 3.14. The van der Waals surface area contributed by atoms with Crippen LogP contribution in [0.5, 0.6) is 0 Å². The lowest BCUT2D eigenvalue weighted by molar-refractivity contribution is -0.116. The van der Waals surface area contributed by atoms with Crippen LogP contribution >= 0.6 is 11.8 Å². The first kappa shape index (κ1) is 15.8. The van der Waals surface area contributed by atoms with E-state index in [-0.39, 0.29) is 11.9 Å². The van der Waals surface area contributed by atoms with E-state index in [1.807, 2.05) is 53.4 Å². The molecular formula is C18H17N5OS. The van der Waals surface area contributed by atoms with Crippen LogP contribution < -0.4 is 4.90 Å². The predicted octanol–water partition coefficient (Wildman–Crippen LogP) is 2.73. The van der Waals surface area contributed by atoms with Crippen LogP contribution in [0.2, 0.25) is 0 Å². The molecule has 1 atom stereocenters. The van der Waals surface area contributed by atoms with E-state index in [0.717, 1.165) is 17.8 Å². The lowest BCUT2D eigenvalue weighted by atomic mass is 10.1. The Labute approximate surface area is 149 Å². The normalized spacial score (nSPS) is 16.0. The maximum Gasteiger partial charge on any atom is 0.237 e. The van der Waals surface area contributed by atoms with E-state index < -0.39 is 0 Å². The smallest absolute Gasteiger partial charge is 0.237 e. The molecule has 3 aromatic rings. The summed E-state index contributed by atoms with van der Waals surface area (Å²) in [4.78, 5) is 14.7. The first-order chi connectivity index (χ1) is 12.2. The molecule has 0 unspecified atom stereocenters. The van der Waals surface area contributed by atoms with E-state index in [0.29, 0.717) is 10.9 Å². The number of carbonyl (C=O) groups excluding carboxylic acids is 1. The van der Waals surface area contributed by atoms with Crippen LogP contribution in [0.1, 0.15) is 12.5 Å². The van der Waals surface area contributed by atoms with E-state index in [1.165, 1.54) is 17.3 Å². The van der Waals surface area contributed by atoms with Crippen molar-refractivity contribution in [2.24, 2.45) is 0 Å². The molecule has 1 aromatic heterocycles. The summed E-state index contributed by atoms with van der Waals surface area (Å²) in [6, 6.07) is 17.9. The van der Waals surface area contributed by atoms with Gasteiger partial charge >= 0.3 is 0 Å². The summed E-state index contributed by atoms with van der Waals surface area (Å²) < 4.78 is 1.65.